The van der Waals surface area contributed by atoms with Crippen LogP contribution < -0.4 is 20.1 Å². The van der Waals surface area contributed by atoms with Crippen molar-refractivity contribution in [3.8, 4) is 11.5 Å². The summed E-state index contributed by atoms with van der Waals surface area (Å²) in [5, 5.41) is 0. The molecular weight excluding hydrogens is 254 g/mol. The summed E-state index contributed by atoms with van der Waals surface area (Å²) < 4.78 is 11.1. The van der Waals surface area contributed by atoms with Gasteiger partial charge in [-0.2, -0.15) is 0 Å². The molecule has 0 spiro atoms. The summed E-state index contributed by atoms with van der Waals surface area (Å²) in [6, 6.07) is 7.74. The van der Waals surface area contributed by atoms with E-state index < -0.39 is 0 Å². The van der Waals surface area contributed by atoms with E-state index in [0.717, 1.165) is 23.7 Å². The molecule has 0 amide bonds. The minimum Gasteiger partial charge on any atom is -0.486 e. The van der Waals surface area contributed by atoms with Crippen LogP contribution in [0.5, 0.6) is 11.5 Å². The number of nitrogens with two attached hydrogens (primary N) is 1. The van der Waals surface area contributed by atoms with Crippen molar-refractivity contribution in [3.63, 3.8) is 0 Å². The number of aromatic nitrogens is 1. The predicted molar refractivity (Wildman–Crippen MR) is 78.2 cm³/mol. The van der Waals surface area contributed by atoms with Crippen molar-refractivity contribution in [2.24, 2.45) is 0 Å². The Bertz CT molecular complexity index is 602. The molecule has 0 bridgehead atoms. The van der Waals surface area contributed by atoms with E-state index in [0.29, 0.717) is 18.9 Å². The van der Waals surface area contributed by atoms with Gasteiger partial charge in [0, 0.05) is 38.1 Å². The van der Waals surface area contributed by atoms with Gasteiger partial charge in [0.15, 0.2) is 11.5 Å². The number of benzene rings is 1. The highest BCUT2D eigenvalue weighted by atomic mass is 16.6. The number of nitrogens with zero attached hydrogens (tertiary/aromatic N) is 2. The molecule has 2 heterocycles. The lowest BCUT2D eigenvalue weighted by Gasteiger charge is -2.25. The van der Waals surface area contributed by atoms with E-state index in [2.05, 4.69) is 9.88 Å². The lowest BCUT2D eigenvalue weighted by Crippen LogP contribution is -2.20. The lowest BCUT2D eigenvalue weighted by atomic mass is 10.2. The molecular formula is C15H17N3O2. The molecule has 2 aromatic rings. The first kappa shape index (κ1) is 12.6. The molecule has 0 aliphatic carbocycles. The maximum Gasteiger partial charge on any atom is 0.163 e. The van der Waals surface area contributed by atoms with Crippen molar-refractivity contribution in [3.05, 3.63) is 42.2 Å². The van der Waals surface area contributed by atoms with Crippen LogP contribution >= 0.6 is 0 Å². The van der Waals surface area contributed by atoms with Gasteiger partial charge in [0.05, 0.1) is 11.4 Å². The number of fused-ring (bicyclic) bond motifs is 1. The highest BCUT2D eigenvalue weighted by Crippen LogP contribution is 2.38. The van der Waals surface area contributed by atoms with Gasteiger partial charge in [0.1, 0.15) is 13.2 Å². The van der Waals surface area contributed by atoms with Gasteiger partial charge >= 0.3 is 0 Å². The Hall–Kier alpha value is -2.43. The highest BCUT2D eigenvalue weighted by molar-refractivity contribution is 5.73. The Morgan fingerprint density at radius 1 is 1.15 bits per heavy atom. The summed E-state index contributed by atoms with van der Waals surface area (Å²) in [7, 11) is 2.00. The second-order valence-electron chi connectivity index (χ2n) is 4.77. The van der Waals surface area contributed by atoms with Crippen LogP contribution in [0.4, 0.5) is 11.4 Å². The fraction of sp³-hybridized carbons (Fsp3) is 0.267. The zero-order valence-corrected chi connectivity index (χ0v) is 11.4. The third-order valence-electron chi connectivity index (χ3n) is 3.27. The van der Waals surface area contributed by atoms with Crippen molar-refractivity contribution in [2.75, 3.05) is 30.9 Å². The van der Waals surface area contributed by atoms with Crippen LogP contribution in [-0.2, 0) is 6.54 Å². The average Bonchev–Trinajstić information content (AvgIpc) is 2.47. The minimum absolute atomic E-state index is 0.568. The summed E-state index contributed by atoms with van der Waals surface area (Å²) in [4.78, 5) is 6.11. The standard InChI is InChI=1S/C15H17N3O2/c1-18(10-11-2-4-17-5-3-11)13-9-15-14(8-12(13)16)19-6-7-20-15/h2-5,8-9H,6-7,10,16H2,1H3. The molecule has 1 aliphatic heterocycles. The van der Waals surface area contributed by atoms with Crippen LogP contribution in [0.15, 0.2) is 36.7 Å². The van der Waals surface area contributed by atoms with Crippen LogP contribution in [0.25, 0.3) is 0 Å². The molecule has 3 rings (SSSR count). The Morgan fingerprint density at radius 2 is 1.80 bits per heavy atom. The Kier molecular flexibility index (Phi) is 3.33. The fourth-order valence-corrected chi connectivity index (χ4v) is 2.27. The molecule has 0 radical (unpaired) electrons. The van der Waals surface area contributed by atoms with Crippen LogP contribution in [0.2, 0.25) is 0 Å². The first-order valence-electron chi connectivity index (χ1n) is 6.53. The second-order valence-corrected chi connectivity index (χ2v) is 4.77. The van der Waals surface area contributed by atoms with Gasteiger partial charge in [0.25, 0.3) is 0 Å². The van der Waals surface area contributed by atoms with Gasteiger partial charge in [-0.3, -0.25) is 4.98 Å². The van der Waals surface area contributed by atoms with Crippen molar-refractivity contribution >= 4 is 11.4 Å². The molecule has 0 saturated carbocycles. The molecule has 0 fully saturated rings. The second kappa shape index (κ2) is 5.28. The maximum atomic E-state index is 6.11. The zero-order chi connectivity index (χ0) is 13.9. The zero-order valence-electron chi connectivity index (χ0n) is 11.4. The number of anilines is 2. The predicted octanol–water partition coefficient (Wildman–Crippen LogP) is 2.07. The van der Waals surface area contributed by atoms with Gasteiger partial charge in [-0.05, 0) is 17.7 Å². The van der Waals surface area contributed by atoms with Gasteiger partial charge < -0.3 is 20.1 Å². The number of rotatable bonds is 3. The van der Waals surface area contributed by atoms with E-state index in [1.807, 2.05) is 31.3 Å². The molecule has 5 nitrogen and oxygen atoms in total. The van der Waals surface area contributed by atoms with Crippen LogP contribution in [0.3, 0.4) is 0 Å². The third-order valence-corrected chi connectivity index (χ3v) is 3.27. The molecule has 5 heteroatoms. The van der Waals surface area contributed by atoms with E-state index in [-0.39, 0.29) is 0 Å². The quantitative estimate of drug-likeness (QED) is 0.866. The summed E-state index contributed by atoms with van der Waals surface area (Å²) in [5.41, 5.74) is 8.91. The first-order valence-corrected chi connectivity index (χ1v) is 6.53. The summed E-state index contributed by atoms with van der Waals surface area (Å²) in [6.07, 6.45) is 3.58. The van der Waals surface area contributed by atoms with Gasteiger partial charge in [0.2, 0.25) is 0 Å². The SMILES string of the molecule is CN(Cc1ccncc1)c1cc2c(cc1N)OCCO2. The van der Waals surface area contributed by atoms with Crippen molar-refractivity contribution in [2.45, 2.75) is 6.54 Å². The van der Waals surface area contributed by atoms with Crippen molar-refractivity contribution in [1.29, 1.82) is 0 Å². The third kappa shape index (κ3) is 2.47. The van der Waals surface area contributed by atoms with Gasteiger partial charge in [-0.15, -0.1) is 0 Å². The van der Waals surface area contributed by atoms with Crippen molar-refractivity contribution in [1.82, 2.24) is 4.98 Å². The Morgan fingerprint density at radius 3 is 2.50 bits per heavy atom. The minimum atomic E-state index is 0.568. The molecule has 104 valence electrons. The summed E-state index contributed by atoms with van der Waals surface area (Å²) in [6.45, 7) is 1.90. The molecule has 0 atom stereocenters. The van der Waals surface area contributed by atoms with Crippen LogP contribution in [0.1, 0.15) is 5.56 Å². The van der Waals surface area contributed by atoms with Gasteiger partial charge in [-0.1, -0.05) is 0 Å². The van der Waals surface area contributed by atoms with Crippen LogP contribution in [-0.4, -0.2) is 25.2 Å². The number of ether oxygens (including phenoxy) is 2. The Labute approximate surface area is 117 Å². The monoisotopic (exact) mass is 271 g/mol. The van der Waals surface area contributed by atoms with E-state index in [1.54, 1.807) is 12.4 Å². The van der Waals surface area contributed by atoms with E-state index >= 15 is 0 Å². The molecule has 0 saturated heterocycles. The summed E-state index contributed by atoms with van der Waals surface area (Å²) >= 11 is 0. The molecule has 1 aromatic heterocycles. The average molecular weight is 271 g/mol. The Balaban J connectivity index is 1.86. The van der Waals surface area contributed by atoms with E-state index in [1.165, 1.54) is 5.56 Å². The number of hydrogen-bond acceptors (Lipinski definition) is 5. The molecule has 1 aromatic carbocycles. The summed E-state index contributed by atoms with van der Waals surface area (Å²) in [5.74, 6) is 1.47. The van der Waals surface area contributed by atoms with E-state index in [4.69, 9.17) is 15.2 Å². The topological polar surface area (TPSA) is 60.6 Å². The lowest BCUT2D eigenvalue weighted by molar-refractivity contribution is 0.172. The number of hydrogen-bond donors (Lipinski definition) is 1. The molecule has 1 aliphatic rings. The largest absolute Gasteiger partial charge is 0.486 e. The van der Waals surface area contributed by atoms with Crippen molar-refractivity contribution < 1.29 is 9.47 Å². The van der Waals surface area contributed by atoms with Gasteiger partial charge in [-0.25, -0.2) is 0 Å². The first-order chi connectivity index (χ1) is 9.74. The number of pyridine rings is 1. The molecule has 2 N–H and O–H groups in total. The van der Waals surface area contributed by atoms with E-state index in [9.17, 15) is 0 Å². The highest BCUT2D eigenvalue weighted by Gasteiger charge is 2.16. The number of nitrogen functional groups attached to an aromatic ring is 1. The molecule has 0 unspecified atom stereocenters. The maximum absolute atomic E-state index is 6.11. The van der Waals surface area contributed by atoms with Crippen LogP contribution in [0, 0.1) is 0 Å². The fourth-order valence-electron chi connectivity index (χ4n) is 2.27. The normalized spacial score (nSPS) is 13.1. The smallest absolute Gasteiger partial charge is 0.163 e. The molecule has 20 heavy (non-hydrogen) atoms.